The van der Waals surface area contributed by atoms with Gasteiger partial charge in [-0.25, -0.2) is 4.98 Å². The molecule has 1 aliphatic rings. The second kappa shape index (κ2) is 8.38. The fraction of sp³-hybridized carbons (Fsp3) is 0.478. The van der Waals surface area contributed by atoms with Crippen LogP contribution < -0.4 is 15.6 Å². The SMILES string of the molecule is CC(C)Oc1nc2nc([C@H]3CCC(C)(C)OC3)cn2cc1C(=O)Nc1cccn(C)c1=O. The minimum atomic E-state index is -0.476. The number of ether oxygens (including phenoxy) is 2. The summed E-state index contributed by atoms with van der Waals surface area (Å²) in [5.41, 5.74) is 0.863. The molecule has 4 rings (SSSR count). The molecule has 1 saturated heterocycles. The summed E-state index contributed by atoms with van der Waals surface area (Å²) in [6, 6.07) is 3.26. The maximum Gasteiger partial charge on any atom is 0.274 e. The first-order valence-corrected chi connectivity index (χ1v) is 10.8. The Hall–Kier alpha value is -3.20. The fourth-order valence-corrected chi connectivity index (χ4v) is 3.71. The van der Waals surface area contributed by atoms with Gasteiger partial charge in [0, 0.05) is 31.6 Å². The van der Waals surface area contributed by atoms with Crippen LogP contribution in [0.15, 0.2) is 35.5 Å². The minimum absolute atomic E-state index is 0.119. The summed E-state index contributed by atoms with van der Waals surface area (Å²) >= 11 is 0. The van der Waals surface area contributed by atoms with Gasteiger partial charge in [-0.2, -0.15) is 4.98 Å². The average molecular weight is 440 g/mol. The molecule has 0 spiro atoms. The van der Waals surface area contributed by atoms with Crippen LogP contribution in [-0.4, -0.2) is 43.2 Å². The Morgan fingerprint density at radius 2 is 2.09 bits per heavy atom. The molecule has 1 N–H and O–H groups in total. The van der Waals surface area contributed by atoms with E-state index in [2.05, 4.69) is 29.1 Å². The predicted octanol–water partition coefficient (Wildman–Crippen LogP) is 3.14. The van der Waals surface area contributed by atoms with Gasteiger partial charge in [0.15, 0.2) is 0 Å². The first-order chi connectivity index (χ1) is 15.1. The van der Waals surface area contributed by atoms with Crippen molar-refractivity contribution in [2.75, 3.05) is 11.9 Å². The summed E-state index contributed by atoms with van der Waals surface area (Å²) in [4.78, 5) is 34.6. The maximum atomic E-state index is 13.1. The molecular weight excluding hydrogens is 410 g/mol. The zero-order chi connectivity index (χ0) is 23.0. The van der Waals surface area contributed by atoms with Gasteiger partial charge in [0.05, 0.1) is 24.0 Å². The van der Waals surface area contributed by atoms with Crippen molar-refractivity contribution < 1.29 is 14.3 Å². The molecule has 0 aliphatic carbocycles. The molecule has 1 atom stereocenters. The van der Waals surface area contributed by atoms with Gasteiger partial charge in [-0.05, 0) is 52.7 Å². The van der Waals surface area contributed by atoms with Gasteiger partial charge in [-0.15, -0.1) is 0 Å². The molecule has 3 aromatic rings. The van der Waals surface area contributed by atoms with Crippen LogP contribution in [0.4, 0.5) is 5.69 Å². The third kappa shape index (κ3) is 4.52. The summed E-state index contributed by atoms with van der Waals surface area (Å²) in [6.07, 6.45) is 6.88. The van der Waals surface area contributed by atoms with Crippen molar-refractivity contribution in [2.45, 2.75) is 58.2 Å². The van der Waals surface area contributed by atoms with Crippen molar-refractivity contribution in [2.24, 2.45) is 7.05 Å². The number of nitrogens with one attached hydrogen (secondary N) is 1. The summed E-state index contributed by atoms with van der Waals surface area (Å²) < 4.78 is 14.9. The highest BCUT2D eigenvalue weighted by atomic mass is 16.5. The first-order valence-electron chi connectivity index (χ1n) is 10.8. The zero-order valence-corrected chi connectivity index (χ0v) is 19.1. The standard InChI is InChI=1S/C23H29N5O4/c1-14(2)32-20-16(19(29)24-17-7-6-10-27(5)21(17)30)11-28-12-18(25-22(28)26-20)15-8-9-23(3,4)31-13-15/h6-7,10-12,14-15H,8-9,13H2,1-5H3,(H,24,29)/t15-/m0/s1. The van der Waals surface area contributed by atoms with Gasteiger partial charge in [-0.1, -0.05) is 0 Å². The zero-order valence-electron chi connectivity index (χ0n) is 19.1. The Balaban J connectivity index is 1.68. The predicted molar refractivity (Wildman–Crippen MR) is 120 cm³/mol. The summed E-state index contributed by atoms with van der Waals surface area (Å²) in [6.45, 7) is 8.50. The second-order valence-electron chi connectivity index (χ2n) is 9.10. The average Bonchev–Trinajstić information content (AvgIpc) is 3.13. The molecule has 170 valence electrons. The fourth-order valence-electron chi connectivity index (χ4n) is 3.71. The molecule has 0 saturated carbocycles. The number of pyridine rings is 1. The number of aromatic nitrogens is 4. The molecule has 0 unspecified atom stereocenters. The number of carbonyl (C=O) groups is 1. The summed E-state index contributed by atoms with van der Waals surface area (Å²) in [7, 11) is 1.63. The molecule has 1 aliphatic heterocycles. The van der Waals surface area contributed by atoms with E-state index in [1.54, 1.807) is 36.0 Å². The lowest BCUT2D eigenvalue weighted by molar-refractivity contribution is -0.0615. The van der Waals surface area contributed by atoms with E-state index in [4.69, 9.17) is 9.47 Å². The largest absolute Gasteiger partial charge is 0.474 e. The Labute approximate surface area is 186 Å². The Bertz CT molecular complexity index is 1200. The van der Waals surface area contributed by atoms with E-state index in [1.165, 1.54) is 4.57 Å². The van der Waals surface area contributed by atoms with Crippen LogP contribution in [-0.2, 0) is 11.8 Å². The molecule has 9 nitrogen and oxygen atoms in total. The number of carbonyl (C=O) groups excluding carboxylic acids is 1. The van der Waals surface area contributed by atoms with Crippen molar-refractivity contribution in [1.82, 2.24) is 18.9 Å². The maximum absolute atomic E-state index is 13.1. The van der Waals surface area contributed by atoms with E-state index in [0.717, 1.165) is 18.5 Å². The van der Waals surface area contributed by atoms with Crippen LogP contribution in [0.25, 0.3) is 5.78 Å². The van der Waals surface area contributed by atoms with Crippen molar-refractivity contribution in [1.29, 1.82) is 0 Å². The van der Waals surface area contributed by atoms with Crippen molar-refractivity contribution in [3.8, 4) is 5.88 Å². The lowest BCUT2D eigenvalue weighted by Gasteiger charge is -2.34. The highest BCUT2D eigenvalue weighted by molar-refractivity contribution is 6.05. The molecule has 0 bridgehead atoms. The van der Waals surface area contributed by atoms with Crippen LogP contribution in [0, 0.1) is 0 Å². The number of amides is 1. The van der Waals surface area contributed by atoms with E-state index in [-0.39, 0.29) is 40.3 Å². The Morgan fingerprint density at radius 3 is 2.78 bits per heavy atom. The van der Waals surface area contributed by atoms with Gasteiger partial charge in [0.25, 0.3) is 11.5 Å². The van der Waals surface area contributed by atoms with Gasteiger partial charge in [0.2, 0.25) is 11.7 Å². The number of nitrogens with zero attached hydrogens (tertiary/aromatic N) is 4. The molecule has 32 heavy (non-hydrogen) atoms. The summed E-state index contributed by atoms with van der Waals surface area (Å²) in [5.74, 6) is 0.323. The van der Waals surface area contributed by atoms with Crippen molar-refractivity contribution >= 4 is 17.4 Å². The van der Waals surface area contributed by atoms with E-state index in [9.17, 15) is 9.59 Å². The van der Waals surface area contributed by atoms with Crippen LogP contribution >= 0.6 is 0 Å². The van der Waals surface area contributed by atoms with E-state index < -0.39 is 5.91 Å². The quantitative estimate of drug-likeness (QED) is 0.656. The summed E-state index contributed by atoms with van der Waals surface area (Å²) in [5, 5.41) is 2.68. The van der Waals surface area contributed by atoms with Crippen molar-refractivity contribution in [3.63, 3.8) is 0 Å². The van der Waals surface area contributed by atoms with Gasteiger partial charge >= 0.3 is 0 Å². The molecule has 1 amide bonds. The van der Waals surface area contributed by atoms with Gasteiger partial charge < -0.3 is 19.4 Å². The van der Waals surface area contributed by atoms with Crippen molar-refractivity contribution in [3.05, 3.63) is 52.3 Å². The third-order valence-electron chi connectivity index (χ3n) is 5.58. The van der Waals surface area contributed by atoms with Crippen LogP contribution in [0.1, 0.15) is 62.5 Å². The minimum Gasteiger partial charge on any atom is -0.474 e. The van der Waals surface area contributed by atoms with Crippen LogP contribution in [0.3, 0.4) is 0 Å². The highest BCUT2D eigenvalue weighted by Crippen LogP contribution is 2.33. The monoisotopic (exact) mass is 439 g/mol. The third-order valence-corrected chi connectivity index (χ3v) is 5.58. The van der Waals surface area contributed by atoms with E-state index in [0.29, 0.717) is 12.4 Å². The van der Waals surface area contributed by atoms with Crippen LogP contribution in [0.5, 0.6) is 5.88 Å². The number of imidazole rings is 1. The van der Waals surface area contributed by atoms with E-state index >= 15 is 0 Å². The Kier molecular flexibility index (Phi) is 5.77. The Morgan fingerprint density at radius 1 is 1.31 bits per heavy atom. The normalized spacial score (nSPS) is 18.1. The topological polar surface area (TPSA) is 99.8 Å². The lowest BCUT2D eigenvalue weighted by atomic mass is 9.90. The van der Waals surface area contributed by atoms with E-state index in [1.807, 2.05) is 20.0 Å². The number of fused-ring (bicyclic) bond motifs is 1. The van der Waals surface area contributed by atoms with Gasteiger partial charge in [-0.3, -0.25) is 14.0 Å². The number of rotatable bonds is 5. The molecule has 0 aromatic carbocycles. The number of hydrogen-bond donors (Lipinski definition) is 1. The molecule has 0 radical (unpaired) electrons. The van der Waals surface area contributed by atoms with Gasteiger partial charge in [0.1, 0.15) is 11.3 Å². The van der Waals surface area contributed by atoms with Crippen LogP contribution in [0.2, 0.25) is 0 Å². The number of anilines is 1. The molecule has 1 fully saturated rings. The smallest absolute Gasteiger partial charge is 0.274 e. The number of hydrogen-bond acceptors (Lipinski definition) is 6. The number of aryl methyl sites for hydroxylation is 1. The molecule has 3 aromatic heterocycles. The molecule has 9 heteroatoms. The molecule has 4 heterocycles. The molecular formula is C23H29N5O4. The highest BCUT2D eigenvalue weighted by Gasteiger charge is 2.30. The second-order valence-corrected chi connectivity index (χ2v) is 9.10. The lowest BCUT2D eigenvalue weighted by Crippen LogP contribution is -2.32. The first kappa shape index (κ1) is 22.0.